The second-order valence-corrected chi connectivity index (χ2v) is 2.66. The third kappa shape index (κ3) is 5.81. The first-order chi connectivity index (χ1) is 6.86. The summed E-state index contributed by atoms with van der Waals surface area (Å²) in [7, 11) is 1.65. The van der Waals surface area contributed by atoms with Crippen LogP contribution in [0.15, 0.2) is 24.3 Å². The average Bonchev–Trinajstić information content (AvgIpc) is 2.21. The van der Waals surface area contributed by atoms with Gasteiger partial charge in [0.15, 0.2) is 0 Å². The summed E-state index contributed by atoms with van der Waals surface area (Å²) < 4.78 is 15.4. The van der Waals surface area contributed by atoms with Crippen LogP contribution in [0.25, 0.3) is 0 Å². The Kier molecular flexibility index (Phi) is 8.44. The van der Waals surface area contributed by atoms with Gasteiger partial charge in [-0.25, -0.2) is 0 Å². The molecule has 1 aromatic rings. The van der Waals surface area contributed by atoms with Gasteiger partial charge in [-0.15, -0.1) is 0 Å². The molecule has 84 valence electrons. The molecule has 15 heavy (non-hydrogen) atoms. The van der Waals surface area contributed by atoms with Crippen molar-refractivity contribution in [3.05, 3.63) is 31.2 Å². The Morgan fingerprint density at radius 3 is 2.00 bits per heavy atom. The van der Waals surface area contributed by atoms with Gasteiger partial charge in [0.05, 0.1) is 6.61 Å². The van der Waals surface area contributed by atoms with E-state index in [2.05, 4.69) is 6.92 Å². The maximum Gasteiger partial charge on any atom is 0.119 e. The van der Waals surface area contributed by atoms with Crippen LogP contribution in [-0.4, -0.2) is 26.9 Å². The zero-order chi connectivity index (χ0) is 10.2. The summed E-state index contributed by atoms with van der Waals surface area (Å²) in [6.45, 7) is 5.18. The Morgan fingerprint density at radius 1 is 1.00 bits per heavy atom. The zero-order valence-electron chi connectivity index (χ0n) is 8.77. The number of rotatable bonds is 6. The first kappa shape index (κ1) is 14.5. The summed E-state index contributed by atoms with van der Waals surface area (Å²) in [6, 6.07) is 7.43. The minimum atomic E-state index is 0. The molecule has 0 saturated carbocycles. The second kappa shape index (κ2) is 8.75. The molecule has 0 aliphatic heterocycles. The van der Waals surface area contributed by atoms with Crippen LogP contribution in [0.2, 0.25) is 0 Å². The molecule has 0 radical (unpaired) electrons. The van der Waals surface area contributed by atoms with Crippen molar-refractivity contribution < 1.29 is 35.3 Å². The third-order valence-electron chi connectivity index (χ3n) is 1.65. The van der Waals surface area contributed by atoms with Crippen molar-refractivity contribution in [3.63, 3.8) is 0 Å². The van der Waals surface area contributed by atoms with E-state index in [1.54, 1.807) is 7.11 Å². The Balaban J connectivity index is 0.00000196. The molecule has 1 aromatic carbocycles. The van der Waals surface area contributed by atoms with Crippen LogP contribution in [0.4, 0.5) is 0 Å². The largest absolute Gasteiger partial charge is 0.525 e. The molecule has 3 nitrogen and oxygen atoms in total. The molecule has 0 aliphatic rings. The molecule has 0 heterocycles. The number of methoxy groups -OCH3 is 1. The first-order valence-corrected chi connectivity index (χ1v) is 4.50. The molecule has 0 atom stereocenters. The number of ether oxygens (including phenoxy) is 3. The second-order valence-electron chi connectivity index (χ2n) is 2.66. The van der Waals surface area contributed by atoms with E-state index < -0.39 is 0 Å². The Bertz CT molecular complexity index is 249. The van der Waals surface area contributed by atoms with Gasteiger partial charge in [0.1, 0.15) is 18.1 Å². The van der Waals surface area contributed by atoms with Crippen LogP contribution < -0.4 is 9.47 Å². The first-order valence-electron chi connectivity index (χ1n) is 4.50. The Labute approximate surface area is 105 Å². The molecule has 1 rings (SSSR count). The van der Waals surface area contributed by atoms with Crippen molar-refractivity contribution in [1.29, 1.82) is 0 Å². The summed E-state index contributed by atoms with van der Waals surface area (Å²) in [5.41, 5.74) is 0. The average molecular weight is 379 g/mol. The summed E-state index contributed by atoms with van der Waals surface area (Å²) in [5.74, 6) is 1.62. The zero-order valence-corrected chi connectivity index (χ0v) is 11.7. The van der Waals surface area contributed by atoms with Crippen molar-refractivity contribution in [2.45, 2.75) is 0 Å². The molecule has 4 heteroatoms. The molecule has 0 aliphatic carbocycles. The van der Waals surface area contributed by atoms with Gasteiger partial charge in [-0.3, -0.25) is 0 Å². The molecular weight excluding hydrogens is 364 g/mol. The van der Waals surface area contributed by atoms with Crippen LogP contribution in [-0.2, 0) is 25.8 Å². The minimum absolute atomic E-state index is 0. The fourth-order valence-corrected chi connectivity index (χ4v) is 0.993. The summed E-state index contributed by atoms with van der Waals surface area (Å²) in [4.78, 5) is 0. The third-order valence-corrected chi connectivity index (χ3v) is 1.65. The van der Waals surface area contributed by atoms with Gasteiger partial charge < -0.3 is 21.1 Å². The van der Waals surface area contributed by atoms with Crippen LogP contribution in [0.3, 0.4) is 0 Å². The molecular formula is C11H15O3W-. The monoisotopic (exact) mass is 379 g/mol. The van der Waals surface area contributed by atoms with Crippen molar-refractivity contribution in [3.8, 4) is 11.5 Å². The van der Waals surface area contributed by atoms with E-state index >= 15 is 0 Å². The van der Waals surface area contributed by atoms with Gasteiger partial charge in [0, 0.05) is 28.2 Å². The van der Waals surface area contributed by atoms with Crippen LogP contribution in [0.1, 0.15) is 0 Å². The van der Waals surface area contributed by atoms with Crippen molar-refractivity contribution in [1.82, 2.24) is 0 Å². The normalized spacial score (nSPS) is 9.20. The standard InChI is InChI=1S/C11H15O3.W/c1-3-13-10-4-6-11(7-5-10)14-9-8-12-2;/h4-7H,1,3,8-9H2,2H3;/q-1;. The molecule has 0 fully saturated rings. The maximum atomic E-state index is 5.38. The molecule has 0 N–H and O–H groups in total. The number of hydrogen-bond donors (Lipinski definition) is 0. The minimum Gasteiger partial charge on any atom is -0.525 e. The predicted octanol–water partition coefficient (Wildman–Crippen LogP) is 1.92. The van der Waals surface area contributed by atoms with Gasteiger partial charge >= 0.3 is 0 Å². The Morgan fingerprint density at radius 2 is 1.53 bits per heavy atom. The number of hydrogen-bond acceptors (Lipinski definition) is 3. The summed E-state index contributed by atoms with van der Waals surface area (Å²) >= 11 is 0. The van der Waals surface area contributed by atoms with E-state index in [0.29, 0.717) is 19.8 Å². The van der Waals surface area contributed by atoms with Crippen LogP contribution in [0.5, 0.6) is 11.5 Å². The quantitative estimate of drug-likeness (QED) is 0.559. The Hall–Kier alpha value is -0.532. The SMILES string of the molecule is [CH2-]COc1ccc(OCCOC)cc1.[W]. The fraction of sp³-hybridized carbons (Fsp3) is 0.364. The smallest absolute Gasteiger partial charge is 0.119 e. The van der Waals surface area contributed by atoms with E-state index in [-0.39, 0.29) is 21.1 Å². The van der Waals surface area contributed by atoms with E-state index in [1.807, 2.05) is 24.3 Å². The molecule has 0 bridgehead atoms. The maximum absolute atomic E-state index is 5.38. The van der Waals surface area contributed by atoms with Gasteiger partial charge in [0.2, 0.25) is 0 Å². The van der Waals surface area contributed by atoms with Crippen molar-refractivity contribution >= 4 is 0 Å². The van der Waals surface area contributed by atoms with E-state index in [1.165, 1.54) is 0 Å². The molecule has 0 unspecified atom stereocenters. The van der Waals surface area contributed by atoms with E-state index in [9.17, 15) is 0 Å². The van der Waals surface area contributed by atoms with Gasteiger partial charge in [-0.1, -0.05) is 0 Å². The number of benzene rings is 1. The van der Waals surface area contributed by atoms with Crippen LogP contribution >= 0.6 is 0 Å². The summed E-state index contributed by atoms with van der Waals surface area (Å²) in [5, 5.41) is 0. The van der Waals surface area contributed by atoms with Gasteiger partial charge in [-0.05, 0) is 30.9 Å². The molecule has 0 amide bonds. The summed E-state index contributed by atoms with van der Waals surface area (Å²) in [6.07, 6.45) is 0. The topological polar surface area (TPSA) is 27.7 Å². The van der Waals surface area contributed by atoms with Gasteiger partial charge in [-0.2, -0.15) is 0 Å². The predicted molar refractivity (Wildman–Crippen MR) is 54.7 cm³/mol. The molecule has 0 aromatic heterocycles. The fourth-order valence-electron chi connectivity index (χ4n) is 0.993. The molecule has 0 spiro atoms. The van der Waals surface area contributed by atoms with E-state index in [0.717, 1.165) is 11.5 Å². The van der Waals surface area contributed by atoms with Gasteiger partial charge in [0.25, 0.3) is 0 Å². The van der Waals surface area contributed by atoms with E-state index in [4.69, 9.17) is 14.2 Å². The van der Waals surface area contributed by atoms with Crippen LogP contribution in [0, 0.1) is 6.92 Å². The van der Waals surface area contributed by atoms with Crippen molar-refractivity contribution in [2.75, 3.05) is 26.9 Å². The molecule has 0 saturated heterocycles. The van der Waals surface area contributed by atoms with Crippen molar-refractivity contribution in [2.24, 2.45) is 0 Å².